The molecule has 1 aromatic carbocycles. The molecule has 2 aliphatic rings. The van der Waals surface area contributed by atoms with Crippen LogP contribution < -0.4 is 5.56 Å². The van der Waals surface area contributed by atoms with Gasteiger partial charge in [-0.1, -0.05) is 24.3 Å². The third-order valence-electron chi connectivity index (χ3n) is 7.17. The van der Waals surface area contributed by atoms with Crippen molar-refractivity contribution in [1.82, 2.24) is 19.4 Å². The fraction of sp³-hybridized carbons (Fsp3) is 0.346. The van der Waals surface area contributed by atoms with Crippen LogP contribution in [0.1, 0.15) is 17.3 Å². The minimum absolute atomic E-state index is 0.127. The molecule has 4 atom stereocenters. The lowest BCUT2D eigenvalue weighted by Crippen LogP contribution is -2.47. The molecule has 2 aromatic heterocycles. The third-order valence-corrected chi connectivity index (χ3v) is 7.17. The standard InChI is InChI=1S/C26H27FN4O3/c1-29(2)26(34)24-20(15-32)19-14-30-22(10-9-18(25(30)33)16-7-5-11-28-12-16)23(19)31(24)13-17-6-3-4-8-21(17)27/h3-12,19-20,23-24,32H,13-15H2,1-2H3/t19-,20-,23+,24-/m1/s1. The Balaban J connectivity index is 1.62. The van der Waals surface area contributed by atoms with Crippen molar-refractivity contribution in [2.45, 2.75) is 25.2 Å². The second-order valence-corrected chi connectivity index (χ2v) is 9.23. The van der Waals surface area contributed by atoms with Crippen molar-refractivity contribution in [3.05, 3.63) is 88.4 Å². The maximum absolute atomic E-state index is 14.6. The molecule has 8 heteroatoms. The zero-order valence-electron chi connectivity index (χ0n) is 19.1. The second-order valence-electron chi connectivity index (χ2n) is 9.23. The number of likely N-dealkylation sites (N-methyl/N-ethyl adjacent to an activating group) is 1. The van der Waals surface area contributed by atoms with E-state index in [1.807, 2.05) is 17.0 Å². The van der Waals surface area contributed by atoms with Crippen molar-refractivity contribution in [3.8, 4) is 11.1 Å². The lowest BCUT2D eigenvalue weighted by molar-refractivity contribution is -0.136. The molecule has 1 amide bonds. The number of amides is 1. The van der Waals surface area contributed by atoms with Crippen molar-refractivity contribution in [2.75, 3.05) is 20.7 Å². The molecule has 5 rings (SSSR count). The summed E-state index contributed by atoms with van der Waals surface area (Å²) >= 11 is 0. The molecule has 4 heterocycles. The summed E-state index contributed by atoms with van der Waals surface area (Å²) in [6.07, 6.45) is 3.32. The van der Waals surface area contributed by atoms with E-state index >= 15 is 0 Å². The molecule has 7 nitrogen and oxygen atoms in total. The van der Waals surface area contributed by atoms with E-state index in [9.17, 15) is 19.1 Å². The van der Waals surface area contributed by atoms with Crippen LogP contribution in [0.5, 0.6) is 0 Å². The van der Waals surface area contributed by atoms with Crippen LogP contribution in [-0.4, -0.2) is 57.1 Å². The third kappa shape index (κ3) is 3.54. The number of hydrogen-bond donors (Lipinski definition) is 1. The minimum atomic E-state index is -0.614. The van der Waals surface area contributed by atoms with E-state index in [1.165, 1.54) is 11.0 Å². The number of carbonyl (C=O) groups excluding carboxylic acids is 1. The second kappa shape index (κ2) is 8.77. The molecule has 0 bridgehead atoms. The lowest BCUT2D eigenvalue weighted by Gasteiger charge is -2.32. The van der Waals surface area contributed by atoms with Gasteiger partial charge in [-0.05, 0) is 24.3 Å². The Kier molecular flexibility index (Phi) is 5.79. The number of pyridine rings is 2. The van der Waals surface area contributed by atoms with Crippen molar-refractivity contribution in [2.24, 2.45) is 11.8 Å². The lowest BCUT2D eigenvalue weighted by atomic mass is 9.88. The van der Waals surface area contributed by atoms with E-state index in [0.717, 1.165) is 11.3 Å². The maximum Gasteiger partial charge on any atom is 0.258 e. The van der Waals surface area contributed by atoms with Gasteiger partial charge in [0.15, 0.2) is 0 Å². The van der Waals surface area contributed by atoms with E-state index in [-0.39, 0.29) is 48.3 Å². The maximum atomic E-state index is 14.6. The number of rotatable bonds is 5. The topological polar surface area (TPSA) is 78.7 Å². The summed E-state index contributed by atoms with van der Waals surface area (Å²) in [7, 11) is 3.37. The highest BCUT2D eigenvalue weighted by Crippen LogP contribution is 2.50. The van der Waals surface area contributed by atoms with Crippen molar-refractivity contribution in [3.63, 3.8) is 0 Å². The number of aliphatic hydroxyl groups excluding tert-OH is 1. The first-order chi connectivity index (χ1) is 16.4. The van der Waals surface area contributed by atoms with Gasteiger partial charge >= 0.3 is 0 Å². The molecule has 34 heavy (non-hydrogen) atoms. The molecular weight excluding hydrogens is 435 g/mol. The van der Waals surface area contributed by atoms with Gasteiger partial charge in [0.2, 0.25) is 5.91 Å². The summed E-state index contributed by atoms with van der Waals surface area (Å²) < 4.78 is 16.4. The zero-order valence-corrected chi connectivity index (χ0v) is 19.1. The van der Waals surface area contributed by atoms with Gasteiger partial charge in [0, 0.05) is 80.4 Å². The van der Waals surface area contributed by atoms with Crippen LogP contribution in [0.15, 0.2) is 65.7 Å². The predicted molar refractivity (Wildman–Crippen MR) is 125 cm³/mol. The smallest absolute Gasteiger partial charge is 0.258 e. The van der Waals surface area contributed by atoms with Crippen LogP contribution in [0.25, 0.3) is 11.1 Å². The summed E-state index contributed by atoms with van der Waals surface area (Å²) in [6, 6.07) is 13.0. The van der Waals surface area contributed by atoms with Gasteiger partial charge in [-0.2, -0.15) is 0 Å². The van der Waals surface area contributed by atoms with Crippen LogP contribution >= 0.6 is 0 Å². The van der Waals surface area contributed by atoms with Crippen LogP contribution in [-0.2, 0) is 17.9 Å². The van der Waals surface area contributed by atoms with E-state index in [4.69, 9.17) is 0 Å². The Morgan fingerprint density at radius 1 is 1.18 bits per heavy atom. The zero-order chi connectivity index (χ0) is 24.0. The number of hydrogen-bond acceptors (Lipinski definition) is 5. The number of halogens is 1. The van der Waals surface area contributed by atoms with Crippen LogP contribution in [0.3, 0.4) is 0 Å². The van der Waals surface area contributed by atoms with Gasteiger partial charge in [-0.15, -0.1) is 0 Å². The van der Waals surface area contributed by atoms with Crippen molar-refractivity contribution < 1.29 is 14.3 Å². The number of nitrogens with zero attached hydrogens (tertiary/aromatic N) is 4. The summed E-state index contributed by atoms with van der Waals surface area (Å²) in [5.41, 5.74) is 2.43. The van der Waals surface area contributed by atoms with E-state index in [1.54, 1.807) is 61.4 Å². The molecule has 0 unspecified atom stereocenters. The van der Waals surface area contributed by atoms with Gasteiger partial charge in [-0.3, -0.25) is 19.5 Å². The van der Waals surface area contributed by atoms with Gasteiger partial charge in [0.25, 0.3) is 5.56 Å². The molecule has 0 aliphatic carbocycles. The summed E-state index contributed by atoms with van der Waals surface area (Å²) in [5, 5.41) is 10.4. The van der Waals surface area contributed by atoms with E-state index in [0.29, 0.717) is 17.7 Å². The SMILES string of the molecule is CN(C)C(=O)[C@H]1[C@H](CO)[C@H]2Cn3c(ccc(-c4cccnc4)c3=O)[C@H]2N1Cc1ccccc1F. The highest BCUT2D eigenvalue weighted by molar-refractivity contribution is 5.82. The average Bonchev–Trinajstić information content (AvgIpc) is 3.36. The highest BCUT2D eigenvalue weighted by Gasteiger charge is 2.55. The van der Waals surface area contributed by atoms with Gasteiger partial charge in [-0.25, -0.2) is 4.39 Å². The molecule has 0 radical (unpaired) electrons. The normalized spacial score (nSPS) is 23.5. The number of fused-ring (bicyclic) bond motifs is 3. The molecule has 0 saturated carbocycles. The first kappa shape index (κ1) is 22.4. The molecule has 3 aromatic rings. The first-order valence-electron chi connectivity index (χ1n) is 11.4. The first-order valence-corrected chi connectivity index (χ1v) is 11.4. The summed E-state index contributed by atoms with van der Waals surface area (Å²) in [5.74, 6) is -1.01. The van der Waals surface area contributed by atoms with E-state index in [2.05, 4.69) is 4.98 Å². The summed E-state index contributed by atoms with van der Waals surface area (Å²) in [6.45, 7) is 0.396. The molecule has 0 spiro atoms. The number of aromatic nitrogens is 2. The van der Waals surface area contributed by atoms with Crippen LogP contribution in [0.4, 0.5) is 4.39 Å². The molecule has 176 valence electrons. The fourth-order valence-corrected chi connectivity index (χ4v) is 5.59. The highest BCUT2D eigenvalue weighted by atomic mass is 19.1. The Labute approximate surface area is 197 Å². The summed E-state index contributed by atoms with van der Waals surface area (Å²) in [4.78, 5) is 34.3. The van der Waals surface area contributed by atoms with Crippen LogP contribution in [0, 0.1) is 17.7 Å². The fourth-order valence-electron chi connectivity index (χ4n) is 5.59. The Hall–Kier alpha value is -3.36. The van der Waals surface area contributed by atoms with Gasteiger partial charge < -0.3 is 14.6 Å². The quantitative estimate of drug-likeness (QED) is 0.630. The molecule has 2 aliphatic heterocycles. The Morgan fingerprint density at radius 2 is 1.97 bits per heavy atom. The van der Waals surface area contributed by atoms with Gasteiger partial charge in [0.1, 0.15) is 5.82 Å². The van der Waals surface area contributed by atoms with Crippen molar-refractivity contribution in [1.29, 1.82) is 0 Å². The Morgan fingerprint density at radius 3 is 2.65 bits per heavy atom. The molecule has 1 saturated heterocycles. The molecular formula is C26H27FN4O3. The monoisotopic (exact) mass is 462 g/mol. The molecule has 1 fully saturated rings. The van der Waals surface area contributed by atoms with Gasteiger partial charge in [0.05, 0.1) is 12.1 Å². The number of benzene rings is 1. The Bertz CT molecular complexity index is 1280. The number of aliphatic hydroxyl groups is 1. The number of carbonyl (C=O) groups is 1. The minimum Gasteiger partial charge on any atom is -0.396 e. The van der Waals surface area contributed by atoms with E-state index < -0.39 is 6.04 Å². The molecule has 1 N–H and O–H groups in total. The van der Waals surface area contributed by atoms with Crippen LogP contribution in [0.2, 0.25) is 0 Å². The van der Waals surface area contributed by atoms with Crippen molar-refractivity contribution >= 4 is 5.91 Å². The predicted octanol–water partition coefficient (Wildman–Crippen LogP) is 2.30. The average molecular weight is 463 g/mol. The number of likely N-dealkylation sites (tertiary alicyclic amines) is 1. The largest absolute Gasteiger partial charge is 0.396 e.